The number of carbonyl (C=O) groups excluding carboxylic acids is 1. The summed E-state index contributed by atoms with van der Waals surface area (Å²) in [5.74, 6) is -0.0838. The van der Waals surface area contributed by atoms with E-state index in [9.17, 15) is 4.79 Å². The molecule has 174 valence electrons. The summed E-state index contributed by atoms with van der Waals surface area (Å²) < 4.78 is 5.30. The summed E-state index contributed by atoms with van der Waals surface area (Å²) in [5, 5.41) is 9.83. The van der Waals surface area contributed by atoms with Gasteiger partial charge in [-0.05, 0) is 6.42 Å². The van der Waals surface area contributed by atoms with Crippen LogP contribution >= 0.6 is 0 Å². The minimum atomic E-state index is -0.0838. The molecule has 0 amide bonds. The Labute approximate surface area is 180 Å². The third-order valence-corrected chi connectivity index (χ3v) is 5.05. The Balaban J connectivity index is 3.13. The minimum Gasteiger partial charge on any atom is -0.466 e. The fraction of sp³-hybridized carbons (Fsp3) is 0.957. The van der Waals surface area contributed by atoms with Gasteiger partial charge in [-0.25, -0.2) is 0 Å². The van der Waals surface area contributed by atoms with Crippen LogP contribution in [0.15, 0.2) is 0 Å². The second kappa shape index (κ2) is 25.3. The number of nitrogens with one attached hydrogen (secondary N) is 3. The largest absolute Gasteiger partial charge is 0.466 e. The minimum absolute atomic E-state index is 0.0838. The van der Waals surface area contributed by atoms with Crippen LogP contribution < -0.4 is 21.7 Å². The molecule has 0 atom stereocenters. The van der Waals surface area contributed by atoms with Gasteiger partial charge in [0, 0.05) is 45.8 Å². The molecule has 0 saturated heterocycles. The first-order valence-electron chi connectivity index (χ1n) is 12.3. The van der Waals surface area contributed by atoms with Gasteiger partial charge in [0.05, 0.1) is 13.0 Å². The van der Waals surface area contributed by atoms with Crippen molar-refractivity contribution in [2.24, 2.45) is 5.73 Å². The van der Waals surface area contributed by atoms with Crippen molar-refractivity contribution in [2.45, 2.75) is 90.4 Å². The maximum absolute atomic E-state index is 11.7. The summed E-state index contributed by atoms with van der Waals surface area (Å²) in [6.45, 7) is 8.70. The molecule has 0 aromatic rings. The van der Waals surface area contributed by atoms with Crippen molar-refractivity contribution in [2.75, 3.05) is 52.4 Å². The smallest absolute Gasteiger partial charge is 0.307 e. The molecule has 0 aromatic heterocycles. The van der Waals surface area contributed by atoms with Crippen LogP contribution in [0, 0.1) is 0 Å². The van der Waals surface area contributed by atoms with Crippen LogP contribution in [0.5, 0.6) is 0 Å². The van der Waals surface area contributed by atoms with E-state index in [1.807, 2.05) is 0 Å². The van der Waals surface area contributed by atoms with Gasteiger partial charge in [0.25, 0.3) is 0 Å². The summed E-state index contributed by atoms with van der Waals surface area (Å²) in [6.07, 6.45) is 16.3. The maximum atomic E-state index is 11.7. The summed E-state index contributed by atoms with van der Waals surface area (Å²) in [4.78, 5) is 11.7. The second-order valence-electron chi connectivity index (χ2n) is 7.90. The van der Waals surface area contributed by atoms with Crippen molar-refractivity contribution in [3.8, 4) is 0 Å². The van der Waals surface area contributed by atoms with Crippen molar-refractivity contribution in [3.05, 3.63) is 0 Å². The Morgan fingerprint density at radius 1 is 0.655 bits per heavy atom. The van der Waals surface area contributed by atoms with Crippen molar-refractivity contribution in [3.63, 3.8) is 0 Å². The van der Waals surface area contributed by atoms with Crippen LogP contribution in [-0.4, -0.2) is 58.4 Å². The molecule has 0 rings (SSSR count). The average Bonchev–Trinajstić information content (AvgIpc) is 2.72. The molecule has 0 fully saturated rings. The van der Waals surface area contributed by atoms with Gasteiger partial charge in [0.2, 0.25) is 0 Å². The normalized spacial score (nSPS) is 11.1. The van der Waals surface area contributed by atoms with E-state index in [0.29, 0.717) is 26.1 Å². The van der Waals surface area contributed by atoms with Crippen LogP contribution in [0.1, 0.15) is 90.4 Å². The quantitative estimate of drug-likeness (QED) is 0.143. The molecule has 0 saturated carbocycles. The molecule has 5 N–H and O–H groups in total. The highest BCUT2D eigenvalue weighted by Crippen LogP contribution is 2.11. The molecule has 6 nitrogen and oxygen atoms in total. The van der Waals surface area contributed by atoms with Crippen molar-refractivity contribution in [1.29, 1.82) is 0 Å². The van der Waals surface area contributed by atoms with E-state index in [1.165, 1.54) is 70.6 Å². The molecule has 0 radical (unpaired) electrons. The molecule has 0 spiro atoms. The first kappa shape index (κ1) is 28.3. The van der Waals surface area contributed by atoms with Crippen LogP contribution in [-0.2, 0) is 9.53 Å². The molecule has 0 bridgehead atoms. The van der Waals surface area contributed by atoms with Crippen molar-refractivity contribution < 1.29 is 9.53 Å². The molecule has 0 heterocycles. The number of unbranched alkanes of at least 4 members (excludes halogenated alkanes) is 11. The van der Waals surface area contributed by atoms with Gasteiger partial charge in [-0.3, -0.25) is 4.79 Å². The monoisotopic (exact) mass is 414 g/mol. The van der Waals surface area contributed by atoms with E-state index in [4.69, 9.17) is 10.5 Å². The average molecular weight is 415 g/mol. The topological polar surface area (TPSA) is 88.4 Å². The molecule has 29 heavy (non-hydrogen) atoms. The SMILES string of the molecule is CCCCCCCCCCCCCCOC(=O)CCNCCNCCNCCN. The molecule has 0 unspecified atom stereocenters. The molecule has 6 heteroatoms. The predicted molar refractivity (Wildman–Crippen MR) is 124 cm³/mol. The number of rotatable bonds is 24. The lowest BCUT2D eigenvalue weighted by atomic mass is 10.1. The molecular weight excluding hydrogens is 364 g/mol. The Kier molecular flexibility index (Phi) is 24.7. The fourth-order valence-electron chi connectivity index (χ4n) is 3.22. The lowest BCUT2D eigenvalue weighted by Crippen LogP contribution is -2.34. The van der Waals surface area contributed by atoms with Gasteiger partial charge >= 0.3 is 5.97 Å². The number of esters is 1. The zero-order valence-electron chi connectivity index (χ0n) is 19.2. The van der Waals surface area contributed by atoms with E-state index in [-0.39, 0.29) is 5.97 Å². The van der Waals surface area contributed by atoms with Gasteiger partial charge in [0.15, 0.2) is 0 Å². The number of carbonyl (C=O) groups is 1. The zero-order valence-corrected chi connectivity index (χ0v) is 19.2. The van der Waals surface area contributed by atoms with E-state index >= 15 is 0 Å². The highest BCUT2D eigenvalue weighted by molar-refractivity contribution is 5.69. The first-order valence-corrected chi connectivity index (χ1v) is 12.3. The third-order valence-electron chi connectivity index (χ3n) is 5.05. The number of hydrogen-bond acceptors (Lipinski definition) is 6. The lowest BCUT2D eigenvalue weighted by molar-refractivity contribution is -0.143. The van der Waals surface area contributed by atoms with Crippen molar-refractivity contribution in [1.82, 2.24) is 16.0 Å². The Morgan fingerprint density at radius 3 is 1.62 bits per heavy atom. The first-order chi connectivity index (χ1) is 14.3. The number of hydrogen-bond donors (Lipinski definition) is 4. The lowest BCUT2D eigenvalue weighted by Gasteiger charge is -2.08. The van der Waals surface area contributed by atoms with E-state index in [2.05, 4.69) is 22.9 Å². The van der Waals surface area contributed by atoms with Crippen molar-refractivity contribution >= 4 is 5.97 Å². The van der Waals surface area contributed by atoms with E-state index in [1.54, 1.807) is 0 Å². The summed E-state index contributed by atoms with van der Waals surface area (Å²) >= 11 is 0. The summed E-state index contributed by atoms with van der Waals surface area (Å²) in [7, 11) is 0. The van der Waals surface area contributed by atoms with Gasteiger partial charge in [-0.2, -0.15) is 0 Å². The molecular formula is C23H50N4O2. The molecule has 0 aliphatic heterocycles. The number of ether oxygens (including phenoxy) is 1. The maximum Gasteiger partial charge on any atom is 0.307 e. The van der Waals surface area contributed by atoms with Gasteiger partial charge < -0.3 is 26.4 Å². The molecule has 0 aliphatic rings. The Morgan fingerprint density at radius 2 is 1.10 bits per heavy atom. The Hall–Kier alpha value is -0.690. The molecule has 0 aromatic carbocycles. The van der Waals surface area contributed by atoms with Crippen LogP contribution in [0.25, 0.3) is 0 Å². The second-order valence-corrected chi connectivity index (χ2v) is 7.90. The Bertz CT molecular complexity index is 330. The fourth-order valence-corrected chi connectivity index (χ4v) is 3.22. The summed E-state index contributed by atoms with van der Waals surface area (Å²) in [6, 6.07) is 0. The van der Waals surface area contributed by atoms with Gasteiger partial charge in [0.1, 0.15) is 0 Å². The van der Waals surface area contributed by atoms with Gasteiger partial charge in [-0.1, -0.05) is 77.6 Å². The predicted octanol–water partition coefficient (Wildman–Crippen LogP) is 3.35. The highest BCUT2D eigenvalue weighted by atomic mass is 16.5. The zero-order chi connectivity index (χ0) is 21.3. The van der Waals surface area contributed by atoms with Crippen LogP contribution in [0.3, 0.4) is 0 Å². The number of nitrogens with two attached hydrogens (primary N) is 1. The third kappa shape index (κ3) is 25.3. The summed E-state index contributed by atoms with van der Waals surface area (Å²) in [5.41, 5.74) is 5.40. The van der Waals surface area contributed by atoms with E-state index < -0.39 is 0 Å². The standard InChI is InChI=1S/C23H50N4O2/c1-2-3-4-5-6-7-8-9-10-11-12-13-22-29-23(28)14-16-25-18-20-27-21-19-26-17-15-24/h25-27H,2-22,24H2,1H3. The molecule has 0 aliphatic carbocycles. The van der Waals surface area contributed by atoms with Crippen LogP contribution in [0.2, 0.25) is 0 Å². The van der Waals surface area contributed by atoms with Gasteiger partial charge in [-0.15, -0.1) is 0 Å². The highest BCUT2D eigenvalue weighted by Gasteiger charge is 2.02. The van der Waals surface area contributed by atoms with Crippen LogP contribution in [0.4, 0.5) is 0 Å². The van der Waals surface area contributed by atoms with E-state index in [0.717, 1.165) is 39.1 Å².